The van der Waals surface area contributed by atoms with Gasteiger partial charge in [0.25, 0.3) is 0 Å². The van der Waals surface area contributed by atoms with Gasteiger partial charge in [-0.15, -0.1) is 0 Å². The maximum absolute atomic E-state index is 13.2. The number of aromatic nitrogens is 3. The van der Waals surface area contributed by atoms with Gasteiger partial charge < -0.3 is 4.90 Å². The quantitative estimate of drug-likeness (QED) is 0.677. The number of carbonyl (C=O) groups excluding carboxylic acids is 1. The van der Waals surface area contributed by atoms with E-state index in [0.717, 1.165) is 11.3 Å². The van der Waals surface area contributed by atoms with Crippen LogP contribution >= 0.6 is 11.6 Å². The van der Waals surface area contributed by atoms with Gasteiger partial charge in [0.05, 0.1) is 6.04 Å². The van der Waals surface area contributed by atoms with Gasteiger partial charge in [-0.1, -0.05) is 41.9 Å². The zero-order valence-electron chi connectivity index (χ0n) is 15.5. The highest BCUT2D eigenvalue weighted by Crippen LogP contribution is 2.28. The van der Waals surface area contributed by atoms with E-state index in [1.807, 2.05) is 49.4 Å². The normalized spacial score (nSPS) is 12.0. The van der Waals surface area contributed by atoms with E-state index in [-0.39, 0.29) is 24.2 Å². The van der Waals surface area contributed by atoms with Crippen molar-refractivity contribution in [3.8, 4) is 0 Å². The summed E-state index contributed by atoms with van der Waals surface area (Å²) in [5.74, 6) is 0.341. The Kier molecular flexibility index (Phi) is 5.46. The van der Waals surface area contributed by atoms with Crippen LogP contribution in [0.15, 0.2) is 59.4 Å². The Morgan fingerprint density at radius 2 is 1.78 bits per heavy atom. The number of carbonyl (C=O) groups is 1. The maximum atomic E-state index is 13.2. The molecular weight excluding hydrogens is 364 g/mol. The van der Waals surface area contributed by atoms with Gasteiger partial charge in [0.2, 0.25) is 5.91 Å². The van der Waals surface area contributed by atoms with Crippen LogP contribution in [0.4, 0.5) is 5.69 Å². The van der Waals surface area contributed by atoms with Crippen molar-refractivity contribution in [2.75, 3.05) is 4.90 Å². The number of nitrogens with zero attached hydrogens (tertiary/aromatic N) is 4. The van der Waals surface area contributed by atoms with Crippen LogP contribution in [0.5, 0.6) is 0 Å². The van der Waals surface area contributed by atoms with Crippen molar-refractivity contribution < 1.29 is 4.79 Å². The number of para-hydroxylation sites is 1. The molecule has 0 aliphatic carbocycles. The zero-order chi connectivity index (χ0) is 19.6. The van der Waals surface area contributed by atoms with Gasteiger partial charge in [-0.05, 0) is 43.7 Å². The van der Waals surface area contributed by atoms with E-state index in [9.17, 15) is 9.59 Å². The molecule has 1 unspecified atom stereocenters. The summed E-state index contributed by atoms with van der Waals surface area (Å²) >= 11 is 5.99. The van der Waals surface area contributed by atoms with Crippen molar-refractivity contribution >= 4 is 23.2 Å². The second-order valence-electron chi connectivity index (χ2n) is 6.37. The number of hydrogen-bond donors (Lipinski definition) is 0. The average Bonchev–Trinajstić information content (AvgIpc) is 2.90. The summed E-state index contributed by atoms with van der Waals surface area (Å²) in [7, 11) is 1.64. The smallest absolute Gasteiger partial charge is 0.304 e. The van der Waals surface area contributed by atoms with Gasteiger partial charge in [0, 0.05) is 17.8 Å². The summed E-state index contributed by atoms with van der Waals surface area (Å²) in [6.45, 7) is 3.54. The third-order valence-electron chi connectivity index (χ3n) is 4.59. The first kappa shape index (κ1) is 18.9. The van der Waals surface area contributed by atoms with Crippen molar-refractivity contribution in [2.24, 2.45) is 7.05 Å². The van der Waals surface area contributed by atoms with Gasteiger partial charge in [0.1, 0.15) is 12.4 Å². The van der Waals surface area contributed by atoms with E-state index in [2.05, 4.69) is 5.10 Å². The number of anilines is 1. The predicted molar refractivity (Wildman–Crippen MR) is 106 cm³/mol. The van der Waals surface area contributed by atoms with Gasteiger partial charge in [0.15, 0.2) is 0 Å². The van der Waals surface area contributed by atoms with Crippen LogP contribution < -0.4 is 10.6 Å². The minimum atomic E-state index is -0.312. The highest BCUT2D eigenvalue weighted by Gasteiger charge is 2.24. The van der Waals surface area contributed by atoms with Gasteiger partial charge in [-0.25, -0.2) is 9.48 Å². The number of halogens is 1. The molecule has 2 aromatic carbocycles. The average molecular weight is 385 g/mol. The number of hydrogen-bond acceptors (Lipinski definition) is 3. The minimum Gasteiger partial charge on any atom is -0.304 e. The topological polar surface area (TPSA) is 60.1 Å². The SMILES string of the molecule is Cc1nn(CC(=O)N(c2ccccc2)C(C)c2ccc(Cl)cc2)c(=O)n1C. The molecule has 1 atom stereocenters. The fraction of sp³-hybridized carbons (Fsp3) is 0.250. The maximum Gasteiger partial charge on any atom is 0.346 e. The molecule has 0 fully saturated rings. The fourth-order valence-corrected chi connectivity index (χ4v) is 3.09. The standard InChI is InChI=1S/C20H21ClN4O2/c1-14(16-9-11-17(21)12-10-16)25(18-7-5-4-6-8-18)19(26)13-24-20(27)23(3)15(2)22-24/h4-12,14H,13H2,1-3H3. The molecule has 0 aliphatic rings. The first-order valence-electron chi connectivity index (χ1n) is 8.61. The fourth-order valence-electron chi connectivity index (χ4n) is 2.97. The minimum absolute atomic E-state index is 0.132. The lowest BCUT2D eigenvalue weighted by molar-refractivity contribution is -0.119. The molecular formula is C20H21ClN4O2. The third kappa shape index (κ3) is 3.95. The number of aryl methyl sites for hydroxylation is 1. The van der Waals surface area contributed by atoms with Gasteiger partial charge in [-0.2, -0.15) is 5.10 Å². The Morgan fingerprint density at radius 1 is 1.15 bits per heavy atom. The Morgan fingerprint density at radius 3 is 2.33 bits per heavy atom. The largest absolute Gasteiger partial charge is 0.346 e. The van der Waals surface area contributed by atoms with E-state index in [0.29, 0.717) is 10.8 Å². The van der Waals surface area contributed by atoms with Crippen LogP contribution in [-0.4, -0.2) is 20.3 Å². The Labute approximate surface area is 162 Å². The van der Waals surface area contributed by atoms with Crippen LogP contribution in [0.1, 0.15) is 24.4 Å². The number of benzene rings is 2. The Balaban J connectivity index is 1.96. The second-order valence-corrected chi connectivity index (χ2v) is 6.81. The summed E-state index contributed by atoms with van der Waals surface area (Å²) in [5, 5.41) is 4.81. The molecule has 1 amide bonds. The molecule has 7 heteroatoms. The van der Waals surface area contributed by atoms with Crippen LogP contribution in [-0.2, 0) is 18.4 Å². The molecule has 27 heavy (non-hydrogen) atoms. The molecule has 140 valence electrons. The van der Waals surface area contributed by atoms with Crippen molar-refractivity contribution in [3.63, 3.8) is 0 Å². The van der Waals surface area contributed by atoms with Gasteiger partial charge in [-0.3, -0.25) is 9.36 Å². The molecule has 0 radical (unpaired) electrons. The molecule has 6 nitrogen and oxygen atoms in total. The molecule has 0 saturated heterocycles. The zero-order valence-corrected chi connectivity index (χ0v) is 16.2. The van der Waals surface area contributed by atoms with Crippen molar-refractivity contribution in [2.45, 2.75) is 26.4 Å². The Hall–Kier alpha value is -2.86. The first-order chi connectivity index (χ1) is 12.9. The molecule has 0 N–H and O–H groups in total. The van der Waals surface area contributed by atoms with E-state index in [1.165, 1.54) is 9.25 Å². The summed E-state index contributed by atoms with van der Waals surface area (Å²) in [5.41, 5.74) is 1.39. The van der Waals surface area contributed by atoms with E-state index < -0.39 is 0 Å². The molecule has 0 bridgehead atoms. The Bertz CT molecular complexity index is 993. The van der Waals surface area contributed by atoms with Gasteiger partial charge >= 0.3 is 5.69 Å². The van der Waals surface area contributed by atoms with Crippen LogP contribution in [0.2, 0.25) is 5.02 Å². The van der Waals surface area contributed by atoms with Crippen LogP contribution in [0.25, 0.3) is 0 Å². The molecule has 0 aliphatic heterocycles. The van der Waals surface area contributed by atoms with E-state index in [1.54, 1.807) is 31.0 Å². The molecule has 3 aromatic rings. The molecule has 0 spiro atoms. The van der Waals surface area contributed by atoms with Crippen molar-refractivity contribution in [1.29, 1.82) is 0 Å². The molecule has 3 rings (SSSR count). The monoisotopic (exact) mass is 384 g/mol. The molecule has 1 heterocycles. The summed E-state index contributed by atoms with van der Waals surface area (Å²) in [6.07, 6.45) is 0. The lowest BCUT2D eigenvalue weighted by atomic mass is 10.1. The number of amides is 1. The van der Waals surface area contributed by atoms with Crippen LogP contribution in [0, 0.1) is 6.92 Å². The third-order valence-corrected chi connectivity index (χ3v) is 4.84. The summed E-state index contributed by atoms with van der Waals surface area (Å²) < 4.78 is 2.62. The molecule has 1 aromatic heterocycles. The van der Waals surface area contributed by atoms with Crippen molar-refractivity contribution in [1.82, 2.24) is 14.3 Å². The molecule has 0 saturated carbocycles. The first-order valence-corrected chi connectivity index (χ1v) is 8.99. The summed E-state index contributed by atoms with van der Waals surface area (Å²) in [6, 6.07) is 16.5. The lowest BCUT2D eigenvalue weighted by Gasteiger charge is -2.29. The lowest BCUT2D eigenvalue weighted by Crippen LogP contribution is -2.38. The number of rotatable bonds is 5. The predicted octanol–water partition coefficient (Wildman–Crippen LogP) is 3.34. The second kappa shape index (κ2) is 7.80. The highest BCUT2D eigenvalue weighted by atomic mass is 35.5. The van der Waals surface area contributed by atoms with Crippen molar-refractivity contribution in [3.05, 3.63) is 81.5 Å². The highest BCUT2D eigenvalue weighted by molar-refractivity contribution is 6.30. The van der Waals surface area contributed by atoms with E-state index in [4.69, 9.17) is 11.6 Å². The van der Waals surface area contributed by atoms with Crippen LogP contribution in [0.3, 0.4) is 0 Å². The van der Waals surface area contributed by atoms with E-state index >= 15 is 0 Å². The summed E-state index contributed by atoms with van der Waals surface area (Å²) in [4.78, 5) is 27.1.